The van der Waals surface area contributed by atoms with Crippen LogP contribution in [0.3, 0.4) is 0 Å². The van der Waals surface area contributed by atoms with E-state index in [2.05, 4.69) is 5.32 Å². The summed E-state index contributed by atoms with van der Waals surface area (Å²) in [5, 5.41) is 2.81. The lowest BCUT2D eigenvalue weighted by atomic mass is 10.1. The van der Waals surface area contributed by atoms with Gasteiger partial charge in [-0.3, -0.25) is 4.79 Å². The second kappa shape index (κ2) is 8.87. The van der Waals surface area contributed by atoms with Crippen LogP contribution in [-0.4, -0.2) is 25.6 Å². The van der Waals surface area contributed by atoms with Crippen molar-refractivity contribution < 1.29 is 19.1 Å². The normalized spacial score (nSPS) is 10.2. The molecule has 132 valence electrons. The molecule has 1 amide bonds. The van der Waals surface area contributed by atoms with E-state index in [-0.39, 0.29) is 5.91 Å². The van der Waals surface area contributed by atoms with Crippen molar-refractivity contribution in [1.82, 2.24) is 0 Å². The van der Waals surface area contributed by atoms with Gasteiger partial charge in [0, 0.05) is 6.42 Å². The lowest BCUT2D eigenvalue weighted by Crippen LogP contribution is -2.17. The van der Waals surface area contributed by atoms with Gasteiger partial charge < -0.3 is 14.8 Å². The van der Waals surface area contributed by atoms with Crippen molar-refractivity contribution in [3.63, 3.8) is 0 Å². The van der Waals surface area contributed by atoms with E-state index >= 15 is 0 Å². The molecule has 5 heteroatoms. The van der Waals surface area contributed by atoms with Crippen LogP contribution in [0.2, 0.25) is 0 Å². The Hall–Kier alpha value is -2.82. The maximum absolute atomic E-state index is 12.2. The molecule has 0 unspecified atom stereocenters. The number of amides is 1. The fourth-order valence-electron chi connectivity index (χ4n) is 2.45. The molecule has 0 saturated heterocycles. The Morgan fingerprint density at radius 1 is 1.00 bits per heavy atom. The monoisotopic (exact) mass is 341 g/mol. The number of methoxy groups -OCH3 is 1. The van der Waals surface area contributed by atoms with Gasteiger partial charge in [0.2, 0.25) is 5.91 Å². The number of nitrogens with one attached hydrogen (secondary N) is 1. The minimum Gasteiger partial charge on any atom is -0.493 e. The van der Waals surface area contributed by atoms with Crippen molar-refractivity contribution in [2.75, 3.05) is 19.0 Å². The smallest absolute Gasteiger partial charge is 0.339 e. The van der Waals surface area contributed by atoms with Gasteiger partial charge in [0.25, 0.3) is 0 Å². The number of carbonyl (C=O) groups excluding carboxylic acids is 2. The minimum atomic E-state index is -0.470. The number of ether oxygens (including phenoxy) is 2. The Morgan fingerprint density at radius 2 is 1.72 bits per heavy atom. The molecule has 0 saturated carbocycles. The number of benzene rings is 2. The highest BCUT2D eigenvalue weighted by Crippen LogP contribution is 2.22. The van der Waals surface area contributed by atoms with Gasteiger partial charge in [-0.25, -0.2) is 4.79 Å². The summed E-state index contributed by atoms with van der Waals surface area (Å²) in [4.78, 5) is 24.0. The van der Waals surface area contributed by atoms with Crippen LogP contribution in [0.25, 0.3) is 0 Å². The van der Waals surface area contributed by atoms with Crippen LogP contribution in [0, 0.1) is 13.8 Å². The van der Waals surface area contributed by atoms with Gasteiger partial charge in [-0.2, -0.15) is 0 Å². The molecule has 25 heavy (non-hydrogen) atoms. The lowest BCUT2D eigenvalue weighted by Gasteiger charge is -2.13. The third-order valence-electron chi connectivity index (χ3n) is 3.84. The molecular weight excluding hydrogens is 318 g/mol. The van der Waals surface area contributed by atoms with E-state index < -0.39 is 5.97 Å². The molecule has 0 radical (unpaired) electrons. The Kier molecular flexibility index (Phi) is 6.57. The largest absolute Gasteiger partial charge is 0.493 e. The standard InChI is InChI=1S/C20H23NO4/c1-14-8-4-5-11-17(14)25-13-7-12-18(22)21-19-15(2)9-6-10-16(19)20(23)24-3/h4-6,8-11H,7,12-13H2,1-3H3,(H,21,22). The van der Waals surface area contributed by atoms with Crippen LogP contribution in [0.1, 0.15) is 34.3 Å². The molecular formula is C20H23NO4. The van der Waals surface area contributed by atoms with Crippen molar-refractivity contribution in [2.45, 2.75) is 26.7 Å². The van der Waals surface area contributed by atoms with Crippen molar-refractivity contribution >= 4 is 17.6 Å². The van der Waals surface area contributed by atoms with Crippen LogP contribution in [-0.2, 0) is 9.53 Å². The van der Waals surface area contributed by atoms with Crippen molar-refractivity contribution in [1.29, 1.82) is 0 Å². The highest BCUT2D eigenvalue weighted by atomic mass is 16.5. The Labute approximate surface area is 148 Å². The zero-order valence-corrected chi connectivity index (χ0v) is 14.8. The number of rotatable bonds is 7. The summed E-state index contributed by atoms with van der Waals surface area (Å²) < 4.78 is 10.4. The van der Waals surface area contributed by atoms with Gasteiger partial charge in [-0.15, -0.1) is 0 Å². The maximum atomic E-state index is 12.2. The SMILES string of the molecule is COC(=O)c1cccc(C)c1NC(=O)CCCOc1ccccc1C. The number of esters is 1. The first-order chi connectivity index (χ1) is 12.0. The van der Waals surface area contributed by atoms with E-state index in [1.54, 1.807) is 12.1 Å². The Balaban J connectivity index is 1.89. The van der Waals surface area contributed by atoms with E-state index in [1.165, 1.54) is 7.11 Å². The molecule has 0 aromatic heterocycles. The van der Waals surface area contributed by atoms with Gasteiger partial charge in [0.15, 0.2) is 0 Å². The van der Waals surface area contributed by atoms with Crippen LogP contribution in [0.5, 0.6) is 5.75 Å². The highest BCUT2D eigenvalue weighted by molar-refractivity contribution is 6.02. The minimum absolute atomic E-state index is 0.159. The number of carbonyl (C=O) groups is 2. The summed E-state index contributed by atoms with van der Waals surface area (Å²) in [5.74, 6) is 0.199. The first-order valence-electron chi connectivity index (χ1n) is 8.19. The summed E-state index contributed by atoms with van der Waals surface area (Å²) in [6.07, 6.45) is 0.889. The Bertz CT molecular complexity index is 755. The van der Waals surface area contributed by atoms with E-state index in [9.17, 15) is 9.59 Å². The number of hydrogen-bond donors (Lipinski definition) is 1. The predicted molar refractivity (Wildman–Crippen MR) is 97.1 cm³/mol. The van der Waals surface area contributed by atoms with E-state index in [1.807, 2.05) is 44.2 Å². The summed E-state index contributed by atoms with van der Waals surface area (Å²) >= 11 is 0. The molecule has 2 aromatic rings. The van der Waals surface area contributed by atoms with E-state index in [0.717, 1.165) is 16.9 Å². The first kappa shape index (κ1) is 18.5. The van der Waals surface area contributed by atoms with Crippen molar-refractivity contribution in [2.24, 2.45) is 0 Å². The van der Waals surface area contributed by atoms with Crippen LogP contribution < -0.4 is 10.1 Å². The summed E-state index contributed by atoms with van der Waals surface area (Å²) in [5.41, 5.74) is 2.73. The zero-order chi connectivity index (χ0) is 18.2. The van der Waals surface area contributed by atoms with Crippen molar-refractivity contribution in [3.05, 3.63) is 59.2 Å². The molecule has 0 atom stereocenters. The number of aryl methyl sites for hydroxylation is 2. The maximum Gasteiger partial charge on any atom is 0.339 e. The average molecular weight is 341 g/mol. The predicted octanol–water partition coefficient (Wildman–Crippen LogP) is 3.89. The molecule has 0 aliphatic carbocycles. The molecule has 0 spiro atoms. The van der Waals surface area contributed by atoms with Gasteiger partial charge >= 0.3 is 5.97 Å². The third-order valence-corrected chi connectivity index (χ3v) is 3.84. The Morgan fingerprint density at radius 3 is 2.44 bits per heavy atom. The molecule has 5 nitrogen and oxygen atoms in total. The number of anilines is 1. The van der Waals surface area contributed by atoms with Gasteiger partial charge in [0.1, 0.15) is 5.75 Å². The van der Waals surface area contributed by atoms with Gasteiger partial charge in [-0.1, -0.05) is 30.3 Å². The molecule has 0 aliphatic rings. The highest BCUT2D eigenvalue weighted by Gasteiger charge is 2.15. The molecule has 1 N–H and O–H groups in total. The van der Waals surface area contributed by atoms with Crippen LogP contribution in [0.4, 0.5) is 5.69 Å². The number of hydrogen-bond acceptors (Lipinski definition) is 4. The van der Waals surface area contributed by atoms with E-state index in [4.69, 9.17) is 9.47 Å². The molecule has 2 aromatic carbocycles. The summed E-state index contributed by atoms with van der Waals surface area (Å²) in [6.45, 7) is 4.27. The molecule has 0 bridgehead atoms. The summed E-state index contributed by atoms with van der Waals surface area (Å²) in [7, 11) is 1.32. The zero-order valence-electron chi connectivity index (χ0n) is 14.8. The van der Waals surface area contributed by atoms with E-state index in [0.29, 0.717) is 30.7 Å². The van der Waals surface area contributed by atoms with Crippen LogP contribution >= 0.6 is 0 Å². The average Bonchev–Trinajstić information content (AvgIpc) is 2.61. The topological polar surface area (TPSA) is 64.6 Å². The summed E-state index contributed by atoms with van der Waals surface area (Å²) in [6, 6.07) is 13.0. The molecule has 0 heterocycles. The molecule has 0 aliphatic heterocycles. The van der Waals surface area contributed by atoms with Gasteiger partial charge in [0.05, 0.1) is 25.0 Å². The van der Waals surface area contributed by atoms with Crippen LogP contribution in [0.15, 0.2) is 42.5 Å². The fraction of sp³-hybridized carbons (Fsp3) is 0.300. The third kappa shape index (κ3) is 5.08. The lowest BCUT2D eigenvalue weighted by molar-refractivity contribution is -0.116. The second-order valence-electron chi connectivity index (χ2n) is 5.75. The first-order valence-corrected chi connectivity index (χ1v) is 8.19. The molecule has 2 rings (SSSR count). The quantitative estimate of drug-likeness (QED) is 0.613. The van der Waals surface area contributed by atoms with Crippen molar-refractivity contribution in [3.8, 4) is 5.75 Å². The fourth-order valence-corrected chi connectivity index (χ4v) is 2.45. The number of para-hydroxylation sites is 2. The molecule has 0 fully saturated rings. The van der Waals surface area contributed by atoms with Gasteiger partial charge in [-0.05, 0) is 43.5 Å². The second-order valence-corrected chi connectivity index (χ2v) is 5.75.